The monoisotopic (exact) mass is 325 g/mol. The third-order valence-electron chi connectivity index (χ3n) is 4.31. The van der Waals surface area contributed by atoms with E-state index < -0.39 is 0 Å². The molecule has 1 amide bonds. The number of nitrogens with zero attached hydrogens (tertiary/aromatic N) is 5. The van der Waals surface area contributed by atoms with Crippen LogP contribution in [0.5, 0.6) is 0 Å². The van der Waals surface area contributed by atoms with E-state index in [0.717, 1.165) is 11.1 Å². The second-order valence-electron chi connectivity index (χ2n) is 6.30. The summed E-state index contributed by atoms with van der Waals surface area (Å²) >= 11 is 0. The first-order valence-corrected chi connectivity index (χ1v) is 8.04. The van der Waals surface area contributed by atoms with E-state index in [0.29, 0.717) is 19.1 Å². The molecule has 1 unspecified atom stereocenters. The van der Waals surface area contributed by atoms with E-state index in [-0.39, 0.29) is 12.2 Å². The molecule has 0 saturated carbocycles. The molecule has 0 radical (unpaired) electrons. The Hall–Kier alpha value is -2.83. The van der Waals surface area contributed by atoms with Crippen LogP contribution in [0.2, 0.25) is 0 Å². The fourth-order valence-corrected chi connectivity index (χ4v) is 3.14. The van der Waals surface area contributed by atoms with E-state index >= 15 is 0 Å². The number of carbonyl (C=O) groups excluding carboxylic acids is 1. The second kappa shape index (κ2) is 5.67. The van der Waals surface area contributed by atoms with Crippen LogP contribution in [0.4, 0.5) is 10.5 Å². The predicted octanol–water partition coefficient (Wildman–Crippen LogP) is 2.84. The lowest BCUT2D eigenvalue weighted by Gasteiger charge is -2.14. The van der Waals surface area contributed by atoms with E-state index in [9.17, 15) is 4.79 Å². The highest BCUT2D eigenvalue weighted by Crippen LogP contribution is 2.28. The number of benzene rings is 1. The maximum absolute atomic E-state index is 12.2. The molecule has 0 aliphatic carbocycles. The molecule has 1 atom stereocenters. The second-order valence-corrected chi connectivity index (χ2v) is 6.30. The molecule has 1 aliphatic heterocycles. The van der Waals surface area contributed by atoms with Gasteiger partial charge in [0.15, 0.2) is 0 Å². The molecule has 24 heavy (non-hydrogen) atoms. The fourth-order valence-electron chi connectivity index (χ4n) is 3.14. The van der Waals surface area contributed by atoms with E-state index in [4.69, 9.17) is 4.74 Å². The van der Waals surface area contributed by atoms with Crippen LogP contribution < -0.4 is 4.90 Å². The van der Waals surface area contributed by atoms with Gasteiger partial charge in [-0.2, -0.15) is 0 Å². The van der Waals surface area contributed by atoms with Gasteiger partial charge in [-0.3, -0.25) is 4.90 Å². The molecule has 1 aliphatic rings. The Morgan fingerprint density at radius 1 is 1.29 bits per heavy atom. The Labute approximate surface area is 139 Å². The van der Waals surface area contributed by atoms with Gasteiger partial charge in [0.05, 0.1) is 19.3 Å². The van der Waals surface area contributed by atoms with Crippen LogP contribution in [0.15, 0.2) is 42.9 Å². The van der Waals surface area contributed by atoms with Crippen LogP contribution in [-0.4, -0.2) is 38.3 Å². The molecule has 124 valence electrons. The van der Waals surface area contributed by atoms with Gasteiger partial charge in [-0.25, -0.2) is 9.48 Å². The Kier molecular flexibility index (Phi) is 3.48. The van der Waals surface area contributed by atoms with Gasteiger partial charge in [0.2, 0.25) is 0 Å². The molecule has 3 aromatic rings. The Morgan fingerprint density at radius 3 is 2.92 bits per heavy atom. The highest BCUT2D eigenvalue weighted by atomic mass is 16.6. The van der Waals surface area contributed by atoms with Crippen LogP contribution in [0.1, 0.15) is 19.9 Å². The van der Waals surface area contributed by atoms with Crippen molar-refractivity contribution in [2.45, 2.75) is 32.5 Å². The summed E-state index contributed by atoms with van der Waals surface area (Å²) in [5, 5.41) is 8.80. The van der Waals surface area contributed by atoms with Crippen LogP contribution in [-0.2, 0) is 11.3 Å². The lowest BCUT2D eigenvalue weighted by atomic mass is 10.2. The lowest BCUT2D eigenvalue weighted by Crippen LogP contribution is -2.26. The lowest BCUT2D eigenvalue weighted by molar-refractivity contribution is 0.129. The van der Waals surface area contributed by atoms with Gasteiger partial charge < -0.3 is 9.30 Å². The number of hydrogen-bond donors (Lipinski definition) is 0. The van der Waals surface area contributed by atoms with Crippen molar-refractivity contribution in [3.05, 3.63) is 42.9 Å². The summed E-state index contributed by atoms with van der Waals surface area (Å²) in [5.41, 5.74) is 2.02. The van der Waals surface area contributed by atoms with Crippen molar-refractivity contribution in [2.75, 3.05) is 11.4 Å². The van der Waals surface area contributed by atoms with Crippen molar-refractivity contribution in [2.24, 2.45) is 0 Å². The van der Waals surface area contributed by atoms with E-state index in [1.807, 2.05) is 12.1 Å². The minimum absolute atomic E-state index is 0.227. The number of hydrogen-bond acceptors (Lipinski definition) is 4. The maximum Gasteiger partial charge on any atom is 0.414 e. The summed E-state index contributed by atoms with van der Waals surface area (Å²) in [5.74, 6) is 0. The summed E-state index contributed by atoms with van der Waals surface area (Å²) in [6.07, 6.45) is 4.91. The van der Waals surface area contributed by atoms with Gasteiger partial charge in [0, 0.05) is 35.0 Å². The smallest absolute Gasteiger partial charge is 0.414 e. The van der Waals surface area contributed by atoms with Gasteiger partial charge in [-0.1, -0.05) is 5.21 Å². The summed E-state index contributed by atoms with van der Waals surface area (Å²) < 4.78 is 9.34. The molecule has 1 saturated heterocycles. The number of aromatic nitrogens is 4. The van der Waals surface area contributed by atoms with E-state index in [2.05, 4.69) is 47.1 Å². The number of fused-ring (bicyclic) bond motifs is 1. The zero-order chi connectivity index (χ0) is 16.7. The number of rotatable bonds is 4. The largest absolute Gasteiger partial charge is 0.442 e. The Bertz CT molecular complexity index is 868. The average Bonchev–Trinajstić information content (AvgIpc) is 3.26. The number of anilines is 1. The molecule has 2 aromatic heterocycles. The minimum Gasteiger partial charge on any atom is -0.442 e. The molecule has 0 N–H and O–H groups in total. The predicted molar refractivity (Wildman–Crippen MR) is 90.0 cm³/mol. The average molecular weight is 325 g/mol. The molecule has 7 nitrogen and oxygen atoms in total. The summed E-state index contributed by atoms with van der Waals surface area (Å²) in [6, 6.07) is 8.54. The third-order valence-corrected chi connectivity index (χ3v) is 4.31. The zero-order valence-corrected chi connectivity index (χ0v) is 13.7. The van der Waals surface area contributed by atoms with Gasteiger partial charge in [0.25, 0.3) is 0 Å². The van der Waals surface area contributed by atoms with Crippen molar-refractivity contribution in [3.8, 4) is 0 Å². The molecular weight excluding hydrogens is 306 g/mol. The van der Waals surface area contributed by atoms with Gasteiger partial charge in [0.1, 0.15) is 6.10 Å². The normalized spacial score (nSPS) is 17.9. The fraction of sp³-hybridized carbons (Fsp3) is 0.353. The van der Waals surface area contributed by atoms with Crippen LogP contribution in [0, 0.1) is 0 Å². The third kappa shape index (κ3) is 2.51. The SMILES string of the molecule is CC(C)n1ccc2cc(N3CC(Cn4ccnn4)OC3=O)ccc21. The van der Waals surface area contributed by atoms with Crippen molar-refractivity contribution < 1.29 is 9.53 Å². The number of ether oxygens (including phenoxy) is 1. The summed E-state index contributed by atoms with van der Waals surface area (Å²) in [6.45, 7) is 5.32. The molecule has 3 heterocycles. The maximum atomic E-state index is 12.2. The standard InChI is InChI=1S/C17H19N5O2/c1-12(2)21-7-5-13-9-14(3-4-16(13)21)22-11-15(24-17(22)23)10-20-8-6-18-19-20/h3-9,12,15H,10-11H2,1-2H3. The summed E-state index contributed by atoms with van der Waals surface area (Å²) in [7, 11) is 0. The van der Waals surface area contributed by atoms with Crippen molar-refractivity contribution >= 4 is 22.7 Å². The van der Waals surface area contributed by atoms with E-state index in [1.165, 1.54) is 5.52 Å². The zero-order valence-electron chi connectivity index (χ0n) is 13.7. The van der Waals surface area contributed by atoms with Crippen molar-refractivity contribution in [1.29, 1.82) is 0 Å². The molecule has 7 heteroatoms. The molecule has 0 spiro atoms. The number of carbonyl (C=O) groups is 1. The Balaban J connectivity index is 1.57. The molecule has 1 fully saturated rings. The van der Waals surface area contributed by atoms with Crippen LogP contribution in [0.3, 0.4) is 0 Å². The van der Waals surface area contributed by atoms with Crippen LogP contribution >= 0.6 is 0 Å². The van der Waals surface area contributed by atoms with Gasteiger partial charge >= 0.3 is 6.09 Å². The molecule has 4 rings (SSSR count). The minimum atomic E-state index is -0.317. The van der Waals surface area contributed by atoms with Crippen molar-refractivity contribution in [1.82, 2.24) is 19.6 Å². The van der Waals surface area contributed by atoms with Crippen LogP contribution in [0.25, 0.3) is 10.9 Å². The van der Waals surface area contributed by atoms with E-state index in [1.54, 1.807) is 22.0 Å². The molecule has 1 aromatic carbocycles. The van der Waals surface area contributed by atoms with Gasteiger partial charge in [-0.15, -0.1) is 5.10 Å². The highest BCUT2D eigenvalue weighted by Gasteiger charge is 2.32. The molecule has 0 bridgehead atoms. The van der Waals surface area contributed by atoms with Gasteiger partial charge in [-0.05, 0) is 38.1 Å². The number of amides is 1. The highest BCUT2D eigenvalue weighted by molar-refractivity contribution is 5.93. The Morgan fingerprint density at radius 2 is 2.17 bits per heavy atom. The van der Waals surface area contributed by atoms with Crippen molar-refractivity contribution in [3.63, 3.8) is 0 Å². The topological polar surface area (TPSA) is 65.2 Å². The first-order valence-electron chi connectivity index (χ1n) is 8.04. The molecular formula is C17H19N5O2. The quantitative estimate of drug-likeness (QED) is 0.740. The summed E-state index contributed by atoms with van der Waals surface area (Å²) in [4.78, 5) is 13.9. The number of cyclic esters (lactones) is 1. The first kappa shape index (κ1) is 14.7. The first-order chi connectivity index (χ1) is 11.6.